The summed E-state index contributed by atoms with van der Waals surface area (Å²) in [5, 5.41) is 3.45. The zero-order chi connectivity index (χ0) is 20.6. The van der Waals surface area contributed by atoms with Crippen molar-refractivity contribution in [3.05, 3.63) is 47.1 Å². The summed E-state index contributed by atoms with van der Waals surface area (Å²) in [6, 6.07) is 4.02. The molecule has 0 unspecified atom stereocenters. The highest BCUT2D eigenvalue weighted by atomic mass is 32.2. The van der Waals surface area contributed by atoms with Crippen LogP contribution in [0.1, 0.15) is 54.2 Å². The van der Waals surface area contributed by atoms with E-state index in [4.69, 9.17) is 4.52 Å². The van der Waals surface area contributed by atoms with Gasteiger partial charge in [0.2, 0.25) is 10.0 Å². The second kappa shape index (κ2) is 7.99. The number of carbonyl (C=O) groups excluding carboxylic acids is 1. The van der Waals surface area contributed by atoms with Crippen molar-refractivity contribution in [1.29, 1.82) is 0 Å². The van der Waals surface area contributed by atoms with Gasteiger partial charge in [0.1, 0.15) is 11.5 Å². The van der Waals surface area contributed by atoms with E-state index in [1.807, 2.05) is 19.1 Å². The second-order valence-electron chi connectivity index (χ2n) is 8.23. The number of Topliss-reactive ketones (excluding diaryl/α,β-unsaturated/α-hetero) is 1. The molecule has 3 heterocycles. The Bertz CT molecular complexity index is 953. The van der Waals surface area contributed by atoms with Crippen LogP contribution in [0.25, 0.3) is 0 Å². The Balaban J connectivity index is 1.30. The first-order valence-electron chi connectivity index (χ1n) is 10.2. The predicted molar refractivity (Wildman–Crippen MR) is 108 cm³/mol. The van der Waals surface area contributed by atoms with Gasteiger partial charge in [-0.1, -0.05) is 5.16 Å². The van der Waals surface area contributed by atoms with E-state index in [9.17, 15) is 13.2 Å². The maximum absolute atomic E-state index is 13.0. The van der Waals surface area contributed by atoms with Crippen molar-refractivity contribution in [2.75, 3.05) is 13.1 Å². The average Bonchev–Trinajstić information content (AvgIpc) is 2.99. The largest absolute Gasteiger partial charge is 0.361 e. The third-order valence-electron chi connectivity index (χ3n) is 6.49. The second-order valence-corrected chi connectivity index (χ2v) is 10.4. The Morgan fingerprint density at radius 2 is 1.83 bits per heavy atom. The molecular weight excluding hydrogens is 390 g/mol. The number of aromatic nitrogens is 2. The number of carbonyl (C=O) groups is 1. The minimum atomic E-state index is -3.34. The minimum absolute atomic E-state index is 0.0854. The molecule has 1 saturated carbocycles. The topological polar surface area (TPSA) is 93.4 Å². The molecule has 1 saturated heterocycles. The van der Waals surface area contributed by atoms with Crippen molar-refractivity contribution in [3.63, 3.8) is 0 Å². The molecule has 0 atom stereocenters. The standard InChI is InChI=1S/C21H27N3O4S/c1-14-20(15(2)28-23-14)13-21(25)18-11-19(12-18)29(26,27)24-9-5-17(6-10-24)16-3-7-22-8-4-16/h3-4,7-8,17-19H,5-6,9-13H2,1-2H3. The number of ketones is 1. The summed E-state index contributed by atoms with van der Waals surface area (Å²) >= 11 is 0. The van der Waals surface area contributed by atoms with Crippen LogP contribution >= 0.6 is 0 Å². The van der Waals surface area contributed by atoms with Gasteiger partial charge in [-0.2, -0.15) is 0 Å². The molecule has 0 amide bonds. The SMILES string of the molecule is Cc1noc(C)c1CC(=O)C1CC(S(=O)(=O)N2CCC(c3ccncc3)CC2)C1. The molecule has 2 aromatic rings. The summed E-state index contributed by atoms with van der Waals surface area (Å²) in [5.74, 6) is 0.951. The van der Waals surface area contributed by atoms with Gasteiger partial charge in [0.25, 0.3) is 0 Å². The number of hydrogen-bond acceptors (Lipinski definition) is 6. The molecule has 2 fully saturated rings. The van der Waals surface area contributed by atoms with Crippen LogP contribution in [-0.4, -0.2) is 47.0 Å². The Labute approximate surface area is 171 Å². The molecule has 0 N–H and O–H groups in total. The van der Waals surface area contributed by atoms with Crippen molar-refractivity contribution >= 4 is 15.8 Å². The van der Waals surface area contributed by atoms with Gasteiger partial charge in [0.05, 0.1) is 10.9 Å². The molecule has 2 aromatic heterocycles. The minimum Gasteiger partial charge on any atom is -0.361 e. The highest BCUT2D eigenvalue weighted by molar-refractivity contribution is 7.89. The maximum Gasteiger partial charge on any atom is 0.217 e. The summed E-state index contributed by atoms with van der Waals surface area (Å²) < 4.78 is 32.7. The average molecular weight is 418 g/mol. The Morgan fingerprint density at radius 3 is 2.41 bits per heavy atom. The summed E-state index contributed by atoms with van der Waals surface area (Å²) in [5.41, 5.74) is 2.79. The molecule has 8 heteroatoms. The van der Waals surface area contributed by atoms with Crippen LogP contribution < -0.4 is 0 Å². The summed E-state index contributed by atoms with van der Waals surface area (Å²) in [6.07, 6.45) is 6.34. The highest BCUT2D eigenvalue weighted by Crippen LogP contribution is 2.38. The number of nitrogens with zero attached hydrogens (tertiary/aromatic N) is 3. The molecule has 4 rings (SSSR count). The van der Waals surface area contributed by atoms with Gasteiger partial charge < -0.3 is 4.52 Å². The monoisotopic (exact) mass is 417 g/mol. The fourth-order valence-corrected chi connectivity index (χ4v) is 6.53. The van der Waals surface area contributed by atoms with Crippen molar-refractivity contribution in [2.24, 2.45) is 5.92 Å². The van der Waals surface area contributed by atoms with Crippen LogP contribution in [0, 0.1) is 19.8 Å². The zero-order valence-corrected chi connectivity index (χ0v) is 17.7. The number of aryl methyl sites for hydroxylation is 2. The van der Waals surface area contributed by atoms with Crippen LogP contribution in [0.15, 0.2) is 29.0 Å². The van der Waals surface area contributed by atoms with Crippen molar-refractivity contribution in [3.8, 4) is 0 Å². The van der Waals surface area contributed by atoms with Crippen LogP contribution in [0.4, 0.5) is 0 Å². The lowest BCUT2D eigenvalue weighted by molar-refractivity contribution is -0.124. The molecule has 0 aromatic carbocycles. The van der Waals surface area contributed by atoms with Gasteiger partial charge >= 0.3 is 0 Å². The number of pyridine rings is 1. The quantitative estimate of drug-likeness (QED) is 0.717. The third kappa shape index (κ3) is 4.00. The number of hydrogen-bond donors (Lipinski definition) is 0. The molecule has 29 heavy (non-hydrogen) atoms. The molecular formula is C21H27N3O4S. The number of rotatable bonds is 6. The Kier molecular flexibility index (Phi) is 5.57. The first-order chi connectivity index (χ1) is 13.9. The summed E-state index contributed by atoms with van der Waals surface area (Å²) in [6.45, 7) is 4.71. The van der Waals surface area contributed by atoms with E-state index in [1.165, 1.54) is 5.56 Å². The lowest BCUT2D eigenvalue weighted by Gasteiger charge is -2.39. The van der Waals surface area contributed by atoms with Gasteiger partial charge in [0, 0.05) is 43.4 Å². The lowest BCUT2D eigenvalue weighted by Crippen LogP contribution is -2.49. The Hall–Kier alpha value is -2.06. The molecule has 1 aliphatic heterocycles. The van der Waals surface area contributed by atoms with Crippen LogP contribution in [0.3, 0.4) is 0 Å². The first-order valence-corrected chi connectivity index (χ1v) is 11.7. The molecule has 0 radical (unpaired) electrons. The number of piperidine rings is 1. The van der Waals surface area contributed by atoms with E-state index in [0.717, 1.165) is 24.1 Å². The van der Waals surface area contributed by atoms with E-state index in [-0.39, 0.29) is 18.1 Å². The van der Waals surface area contributed by atoms with E-state index in [2.05, 4.69) is 10.1 Å². The molecule has 156 valence electrons. The van der Waals surface area contributed by atoms with Crippen LogP contribution in [-0.2, 0) is 21.2 Å². The third-order valence-corrected chi connectivity index (χ3v) is 8.81. The number of sulfonamides is 1. The molecule has 0 spiro atoms. The van der Waals surface area contributed by atoms with E-state index < -0.39 is 15.3 Å². The van der Waals surface area contributed by atoms with Crippen molar-refractivity contribution < 1.29 is 17.7 Å². The smallest absolute Gasteiger partial charge is 0.217 e. The maximum atomic E-state index is 13.0. The molecule has 7 nitrogen and oxygen atoms in total. The molecule has 2 aliphatic rings. The Morgan fingerprint density at radius 1 is 1.17 bits per heavy atom. The van der Waals surface area contributed by atoms with Crippen LogP contribution in [0.2, 0.25) is 0 Å². The fraction of sp³-hybridized carbons (Fsp3) is 0.571. The predicted octanol–water partition coefficient (Wildman–Crippen LogP) is 2.79. The fourth-order valence-electron chi connectivity index (χ4n) is 4.43. The summed E-state index contributed by atoms with van der Waals surface area (Å²) in [7, 11) is -3.34. The van der Waals surface area contributed by atoms with Gasteiger partial charge in [-0.15, -0.1) is 0 Å². The van der Waals surface area contributed by atoms with Crippen LogP contribution in [0.5, 0.6) is 0 Å². The normalized spacial score (nSPS) is 23.7. The van der Waals surface area contributed by atoms with E-state index in [1.54, 1.807) is 23.6 Å². The van der Waals surface area contributed by atoms with Gasteiger partial charge in [-0.3, -0.25) is 9.78 Å². The van der Waals surface area contributed by atoms with E-state index >= 15 is 0 Å². The van der Waals surface area contributed by atoms with Gasteiger partial charge in [0.15, 0.2) is 0 Å². The first kappa shape index (κ1) is 20.2. The molecule has 1 aliphatic carbocycles. The zero-order valence-electron chi connectivity index (χ0n) is 16.9. The van der Waals surface area contributed by atoms with E-state index in [0.29, 0.717) is 37.6 Å². The highest BCUT2D eigenvalue weighted by Gasteiger charge is 2.45. The van der Waals surface area contributed by atoms with Gasteiger partial charge in [-0.25, -0.2) is 12.7 Å². The summed E-state index contributed by atoms with van der Waals surface area (Å²) in [4.78, 5) is 16.6. The van der Waals surface area contributed by atoms with Crippen molar-refractivity contribution in [1.82, 2.24) is 14.4 Å². The van der Waals surface area contributed by atoms with Gasteiger partial charge in [-0.05, 0) is 63.1 Å². The molecule has 0 bridgehead atoms. The lowest BCUT2D eigenvalue weighted by atomic mass is 9.79. The van der Waals surface area contributed by atoms with Crippen molar-refractivity contribution in [2.45, 2.75) is 57.1 Å².